The highest BCUT2D eigenvalue weighted by Crippen LogP contribution is 2.49. The van der Waals surface area contributed by atoms with Crippen molar-refractivity contribution < 1.29 is 13.5 Å². The van der Waals surface area contributed by atoms with E-state index in [9.17, 15) is 9.65 Å². The number of aromatic nitrogens is 2. The van der Waals surface area contributed by atoms with Crippen LogP contribution in [0.5, 0.6) is 6.01 Å². The topological polar surface area (TPSA) is 80.6 Å². The van der Waals surface area contributed by atoms with Crippen molar-refractivity contribution in [2.75, 3.05) is 51.3 Å². The van der Waals surface area contributed by atoms with E-state index in [0.717, 1.165) is 73.5 Å². The first-order chi connectivity index (χ1) is 19.4. The van der Waals surface area contributed by atoms with E-state index in [1.165, 1.54) is 0 Å². The molecule has 4 aliphatic heterocycles. The Morgan fingerprint density at radius 3 is 3.00 bits per heavy atom. The van der Waals surface area contributed by atoms with E-state index in [4.69, 9.17) is 14.7 Å². The van der Waals surface area contributed by atoms with Crippen molar-refractivity contribution in [3.63, 3.8) is 0 Å². The van der Waals surface area contributed by atoms with Crippen LogP contribution >= 0.6 is 0 Å². The van der Waals surface area contributed by atoms with Gasteiger partial charge in [0.1, 0.15) is 24.4 Å². The number of hydrogen-bond donors (Lipinski definition) is 1. The molecule has 1 aromatic heterocycles. The normalized spacial score (nSPS) is 31.7. The van der Waals surface area contributed by atoms with E-state index < -0.39 is 11.7 Å². The van der Waals surface area contributed by atoms with Gasteiger partial charge in [0.05, 0.1) is 29.3 Å². The van der Waals surface area contributed by atoms with Gasteiger partial charge in [-0.05, 0) is 50.9 Å². The zero-order chi connectivity index (χ0) is 27.5. The second-order valence-electron chi connectivity index (χ2n) is 12.4. The number of ether oxygens (including phenoxy) is 1. The summed E-state index contributed by atoms with van der Waals surface area (Å²) in [4.78, 5) is 16.7. The predicted octanol–water partition coefficient (Wildman–Crippen LogP) is 3.09. The minimum absolute atomic E-state index is 0.0584. The number of halogens is 2. The van der Waals surface area contributed by atoms with Gasteiger partial charge in [-0.3, -0.25) is 9.80 Å². The molecule has 5 heterocycles. The minimum Gasteiger partial charge on any atom is -0.461 e. The lowest BCUT2D eigenvalue weighted by molar-refractivity contribution is 0.0867. The molecule has 0 amide bonds. The molecule has 7 rings (SSSR count). The number of rotatable bonds is 5. The van der Waals surface area contributed by atoms with E-state index in [1.54, 1.807) is 12.1 Å². The van der Waals surface area contributed by atoms with Gasteiger partial charge in [-0.25, -0.2) is 8.78 Å². The predicted molar refractivity (Wildman–Crippen MR) is 146 cm³/mol. The summed E-state index contributed by atoms with van der Waals surface area (Å²) in [5.74, 6) is 0.688. The van der Waals surface area contributed by atoms with E-state index >= 15 is 4.39 Å². The summed E-state index contributed by atoms with van der Waals surface area (Å²) >= 11 is 0. The Morgan fingerprint density at radius 1 is 1.23 bits per heavy atom. The zero-order valence-electron chi connectivity index (χ0n) is 23.1. The minimum atomic E-state index is -0.824. The molecule has 4 atom stereocenters. The van der Waals surface area contributed by atoms with Gasteiger partial charge in [0.25, 0.3) is 0 Å². The van der Waals surface area contributed by atoms with Gasteiger partial charge < -0.3 is 15.0 Å². The molecule has 212 valence electrons. The Kier molecular flexibility index (Phi) is 6.45. The van der Waals surface area contributed by atoms with Crippen LogP contribution in [0, 0.1) is 17.1 Å². The first-order valence-electron chi connectivity index (χ1n) is 14.7. The number of hydrogen-bond acceptors (Lipinski definition) is 8. The van der Waals surface area contributed by atoms with Crippen LogP contribution in [0.2, 0.25) is 0 Å². The molecule has 3 fully saturated rings. The van der Waals surface area contributed by atoms with Crippen LogP contribution in [-0.4, -0.2) is 83.9 Å². The SMILES string of the molecule is CN1Cc2c(nc(OC[C@@]34CCCN3C[C@H](F)C4)nc2N2CCN[C@@H](CC#N)C2)CC12CCc1cccc(F)c12. The molecule has 1 aromatic carbocycles. The molecule has 5 aliphatic rings. The first kappa shape index (κ1) is 26.1. The van der Waals surface area contributed by atoms with Gasteiger partial charge in [0.15, 0.2) is 0 Å². The highest BCUT2D eigenvalue weighted by atomic mass is 19.1. The maximum atomic E-state index is 15.3. The Labute approximate surface area is 234 Å². The van der Waals surface area contributed by atoms with Crippen molar-refractivity contribution in [3.8, 4) is 12.1 Å². The second-order valence-corrected chi connectivity index (χ2v) is 12.4. The summed E-state index contributed by atoms with van der Waals surface area (Å²) in [7, 11) is 2.08. The summed E-state index contributed by atoms with van der Waals surface area (Å²) in [5.41, 5.74) is 3.07. The molecule has 1 N–H and O–H groups in total. The maximum Gasteiger partial charge on any atom is 0.318 e. The molecule has 10 heteroatoms. The third kappa shape index (κ3) is 4.16. The number of alkyl halides is 1. The number of likely N-dealkylation sites (N-methyl/N-ethyl adjacent to an activating group) is 1. The highest BCUT2D eigenvalue weighted by Gasteiger charge is 2.50. The quantitative estimate of drug-likeness (QED) is 0.610. The molecule has 0 saturated carbocycles. The van der Waals surface area contributed by atoms with Crippen molar-refractivity contribution in [2.24, 2.45) is 0 Å². The Balaban J connectivity index is 1.26. The third-order valence-electron chi connectivity index (χ3n) is 10.1. The summed E-state index contributed by atoms with van der Waals surface area (Å²) in [6.45, 7) is 4.54. The lowest BCUT2D eigenvalue weighted by Gasteiger charge is -2.45. The summed E-state index contributed by atoms with van der Waals surface area (Å²) in [6.07, 6.45) is 4.31. The molecule has 1 spiro atoms. The molecule has 40 heavy (non-hydrogen) atoms. The van der Waals surface area contributed by atoms with Crippen LogP contribution < -0.4 is 15.0 Å². The van der Waals surface area contributed by atoms with E-state index in [1.807, 2.05) is 6.07 Å². The number of piperazine rings is 1. The highest BCUT2D eigenvalue weighted by molar-refractivity contribution is 5.54. The molecule has 0 radical (unpaired) electrons. The average molecular weight is 550 g/mol. The zero-order valence-corrected chi connectivity index (χ0v) is 23.1. The molecular formula is C30H37F2N7O. The lowest BCUT2D eigenvalue weighted by Crippen LogP contribution is -2.52. The molecule has 0 bridgehead atoms. The largest absolute Gasteiger partial charge is 0.461 e. The van der Waals surface area contributed by atoms with Gasteiger partial charge in [-0.2, -0.15) is 15.2 Å². The van der Waals surface area contributed by atoms with E-state index in [0.29, 0.717) is 51.5 Å². The first-order valence-corrected chi connectivity index (χ1v) is 14.7. The Hall–Kier alpha value is -2.87. The van der Waals surface area contributed by atoms with Crippen molar-refractivity contribution in [1.82, 2.24) is 25.1 Å². The smallest absolute Gasteiger partial charge is 0.318 e. The fourth-order valence-corrected chi connectivity index (χ4v) is 8.17. The fourth-order valence-electron chi connectivity index (χ4n) is 8.17. The monoisotopic (exact) mass is 549 g/mol. The summed E-state index contributed by atoms with van der Waals surface area (Å²) in [5, 5.41) is 12.7. The lowest BCUT2D eigenvalue weighted by atomic mass is 9.80. The van der Waals surface area contributed by atoms with Gasteiger partial charge in [0.2, 0.25) is 0 Å². The molecule has 1 unspecified atom stereocenters. The number of benzene rings is 1. The van der Waals surface area contributed by atoms with Gasteiger partial charge in [-0.15, -0.1) is 0 Å². The van der Waals surface area contributed by atoms with Crippen molar-refractivity contribution in [1.29, 1.82) is 5.26 Å². The van der Waals surface area contributed by atoms with Crippen LogP contribution in [0.15, 0.2) is 18.2 Å². The third-order valence-corrected chi connectivity index (χ3v) is 10.1. The number of aryl methyl sites for hydroxylation is 1. The van der Waals surface area contributed by atoms with Crippen LogP contribution in [0.25, 0.3) is 0 Å². The number of anilines is 1. The van der Waals surface area contributed by atoms with Crippen molar-refractivity contribution in [3.05, 3.63) is 46.4 Å². The molecule has 3 saturated heterocycles. The molecule has 8 nitrogen and oxygen atoms in total. The van der Waals surface area contributed by atoms with Crippen molar-refractivity contribution >= 4 is 5.82 Å². The summed E-state index contributed by atoms with van der Waals surface area (Å²) < 4.78 is 36.1. The maximum absolute atomic E-state index is 15.3. The van der Waals surface area contributed by atoms with Gasteiger partial charge >= 0.3 is 6.01 Å². The van der Waals surface area contributed by atoms with Gasteiger partial charge in [0, 0.05) is 62.7 Å². The fraction of sp³-hybridized carbons (Fsp3) is 0.633. The standard InChI is InChI=1S/C30H37F2N7O/c1-37-18-23-25(15-30(37)9-6-20-4-2-5-24(32)26(20)30)35-28(36-27(23)38-13-11-34-22(17-38)7-10-33)40-19-29-8-3-12-39(29)16-21(31)14-29/h2,4-5,21-22,34H,3,6-9,11-19H2,1H3/t21-,22+,29+,30?/m1/s1. The second kappa shape index (κ2) is 9.89. The Bertz CT molecular complexity index is 1350. The van der Waals surface area contributed by atoms with E-state index in [2.05, 4.69) is 33.1 Å². The van der Waals surface area contributed by atoms with Crippen LogP contribution in [0.4, 0.5) is 14.6 Å². The van der Waals surface area contributed by atoms with Crippen LogP contribution in [0.3, 0.4) is 0 Å². The molecular weight excluding hydrogens is 512 g/mol. The van der Waals surface area contributed by atoms with E-state index in [-0.39, 0.29) is 17.4 Å². The molecule has 1 aliphatic carbocycles. The van der Waals surface area contributed by atoms with Crippen molar-refractivity contribution in [2.45, 2.75) is 74.8 Å². The van der Waals surface area contributed by atoms with Crippen LogP contribution in [0.1, 0.15) is 54.5 Å². The number of nitrogens with one attached hydrogen (secondary N) is 1. The van der Waals surface area contributed by atoms with Gasteiger partial charge in [-0.1, -0.05) is 12.1 Å². The molecule has 2 aromatic rings. The number of nitriles is 1. The van der Waals surface area contributed by atoms with Crippen LogP contribution in [-0.2, 0) is 24.9 Å². The Morgan fingerprint density at radius 2 is 2.12 bits per heavy atom. The number of fused-ring (bicyclic) bond motifs is 4. The number of nitrogens with zero attached hydrogens (tertiary/aromatic N) is 6. The summed E-state index contributed by atoms with van der Waals surface area (Å²) in [6, 6.07) is 8.07. The average Bonchev–Trinajstić information content (AvgIpc) is 3.59.